The first-order chi connectivity index (χ1) is 12.7. The van der Waals surface area contributed by atoms with Gasteiger partial charge in [0, 0.05) is 17.8 Å². The van der Waals surface area contributed by atoms with Gasteiger partial charge in [-0.25, -0.2) is 0 Å². The van der Waals surface area contributed by atoms with E-state index in [0.717, 1.165) is 33.7 Å². The smallest absolute Gasteiger partial charge is 0.270 e. The fourth-order valence-corrected chi connectivity index (χ4v) is 3.24. The molecule has 0 spiro atoms. The Morgan fingerprint density at radius 1 is 1.04 bits per heavy atom. The topological polar surface area (TPSA) is 110 Å². The highest BCUT2D eigenvalue weighted by molar-refractivity contribution is 6.23. The zero-order valence-corrected chi connectivity index (χ0v) is 15.0. The summed E-state index contributed by atoms with van der Waals surface area (Å²) in [7, 11) is 0. The highest BCUT2D eigenvalue weighted by atomic mass is 16.6. The third kappa shape index (κ3) is 3.29. The second-order valence-corrected chi connectivity index (χ2v) is 6.51. The zero-order chi connectivity index (χ0) is 19.9. The molecular weight excluding hydrogens is 350 g/mol. The predicted molar refractivity (Wildman–Crippen MR) is 97.7 cm³/mol. The molecule has 1 N–H and O–H groups in total. The largest absolute Gasteiger partial charge is 0.324 e. The summed E-state index contributed by atoms with van der Waals surface area (Å²) in [4.78, 5) is 48.3. The number of hydrogen-bond acceptors (Lipinski definition) is 5. The van der Waals surface area contributed by atoms with E-state index in [-0.39, 0.29) is 16.8 Å². The fraction of sp³-hybridized carbons (Fsp3) is 0.211. The standard InChI is InChI=1S/C19H17N3O5/c1-10-6-11(2)17(12(3)7-10)20-16(23)9-21-18(24)14-5-4-13(22(26)27)8-15(14)19(21)25/h4-8H,9H2,1-3H3,(H,20,23). The molecule has 8 heteroatoms. The van der Waals surface area contributed by atoms with Crippen molar-refractivity contribution in [3.05, 3.63) is 68.3 Å². The average Bonchev–Trinajstić information content (AvgIpc) is 2.82. The summed E-state index contributed by atoms with van der Waals surface area (Å²) in [5.74, 6) is -1.88. The minimum Gasteiger partial charge on any atom is -0.324 e. The van der Waals surface area contributed by atoms with Crippen molar-refractivity contribution < 1.29 is 19.3 Å². The van der Waals surface area contributed by atoms with E-state index in [9.17, 15) is 24.5 Å². The summed E-state index contributed by atoms with van der Waals surface area (Å²) >= 11 is 0. The van der Waals surface area contributed by atoms with Gasteiger partial charge >= 0.3 is 0 Å². The Balaban J connectivity index is 1.80. The third-order valence-electron chi connectivity index (χ3n) is 4.41. The van der Waals surface area contributed by atoms with Crippen LogP contribution in [0.5, 0.6) is 0 Å². The maximum absolute atomic E-state index is 12.5. The number of amides is 3. The summed E-state index contributed by atoms with van der Waals surface area (Å²) in [6.07, 6.45) is 0. The van der Waals surface area contributed by atoms with E-state index in [2.05, 4.69) is 5.32 Å². The van der Waals surface area contributed by atoms with Crippen molar-refractivity contribution in [3.8, 4) is 0 Å². The van der Waals surface area contributed by atoms with Crippen LogP contribution < -0.4 is 5.32 Å². The molecule has 0 saturated carbocycles. The third-order valence-corrected chi connectivity index (χ3v) is 4.41. The molecule has 0 unspecified atom stereocenters. The summed E-state index contributed by atoms with van der Waals surface area (Å²) < 4.78 is 0. The van der Waals surface area contributed by atoms with Crippen LogP contribution in [0, 0.1) is 30.9 Å². The van der Waals surface area contributed by atoms with Gasteiger partial charge < -0.3 is 5.32 Å². The lowest BCUT2D eigenvalue weighted by molar-refractivity contribution is -0.384. The fourth-order valence-electron chi connectivity index (χ4n) is 3.24. The van der Waals surface area contributed by atoms with E-state index in [1.54, 1.807) is 0 Å². The van der Waals surface area contributed by atoms with Crippen molar-refractivity contribution in [1.29, 1.82) is 0 Å². The molecule has 0 aromatic heterocycles. The number of carbonyl (C=O) groups excluding carboxylic acids is 3. The first-order valence-electron chi connectivity index (χ1n) is 8.21. The Morgan fingerprint density at radius 3 is 2.22 bits per heavy atom. The van der Waals surface area contributed by atoms with Crippen molar-refractivity contribution in [1.82, 2.24) is 4.90 Å². The number of hydrogen-bond donors (Lipinski definition) is 1. The van der Waals surface area contributed by atoms with Crippen LogP contribution in [0.3, 0.4) is 0 Å². The molecule has 0 fully saturated rings. The number of nitrogens with one attached hydrogen (secondary N) is 1. The van der Waals surface area contributed by atoms with Gasteiger partial charge in [0.1, 0.15) is 6.54 Å². The zero-order valence-electron chi connectivity index (χ0n) is 15.0. The molecule has 27 heavy (non-hydrogen) atoms. The molecule has 0 aliphatic carbocycles. The van der Waals surface area contributed by atoms with Gasteiger partial charge in [-0.3, -0.25) is 29.4 Å². The lowest BCUT2D eigenvalue weighted by atomic mass is 10.1. The first kappa shape index (κ1) is 18.2. The second-order valence-electron chi connectivity index (χ2n) is 6.51. The average molecular weight is 367 g/mol. The molecule has 3 rings (SSSR count). The lowest BCUT2D eigenvalue weighted by Crippen LogP contribution is -2.37. The molecule has 2 aromatic carbocycles. The van der Waals surface area contributed by atoms with Crippen LogP contribution in [0.25, 0.3) is 0 Å². The Kier molecular flexibility index (Phi) is 4.49. The number of nitrogens with zero attached hydrogens (tertiary/aromatic N) is 2. The quantitative estimate of drug-likeness (QED) is 0.508. The summed E-state index contributed by atoms with van der Waals surface area (Å²) in [5.41, 5.74) is 3.15. The molecule has 0 saturated heterocycles. The minimum absolute atomic E-state index is 0.0566. The van der Waals surface area contributed by atoms with Crippen molar-refractivity contribution >= 4 is 29.1 Å². The number of anilines is 1. The first-order valence-corrected chi connectivity index (χ1v) is 8.21. The Labute approximate surface area is 154 Å². The van der Waals surface area contributed by atoms with E-state index in [0.29, 0.717) is 5.69 Å². The van der Waals surface area contributed by atoms with Gasteiger partial charge in [-0.1, -0.05) is 17.7 Å². The van der Waals surface area contributed by atoms with Crippen LogP contribution in [0.2, 0.25) is 0 Å². The molecule has 3 amide bonds. The minimum atomic E-state index is -0.716. The second kappa shape index (κ2) is 6.64. The number of nitro benzene ring substituents is 1. The van der Waals surface area contributed by atoms with Crippen molar-refractivity contribution in [3.63, 3.8) is 0 Å². The monoisotopic (exact) mass is 367 g/mol. The van der Waals surface area contributed by atoms with Gasteiger partial charge in [0.15, 0.2) is 0 Å². The molecule has 8 nitrogen and oxygen atoms in total. The lowest BCUT2D eigenvalue weighted by Gasteiger charge is -2.16. The van der Waals surface area contributed by atoms with Crippen molar-refractivity contribution in [2.24, 2.45) is 0 Å². The molecular formula is C19H17N3O5. The van der Waals surface area contributed by atoms with E-state index in [1.165, 1.54) is 6.07 Å². The normalized spacial score (nSPS) is 12.9. The van der Waals surface area contributed by atoms with E-state index >= 15 is 0 Å². The van der Waals surface area contributed by atoms with Gasteiger partial charge in [-0.2, -0.15) is 0 Å². The molecule has 0 radical (unpaired) electrons. The molecule has 1 heterocycles. The number of rotatable bonds is 4. The van der Waals surface area contributed by atoms with Crippen molar-refractivity contribution in [2.75, 3.05) is 11.9 Å². The molecule has 0 bridgehead atoms. The molecule has 138 valence electrons. The van der Waals surface area contributed by atoms with E-state index in [4.69, 9.17) is 0 Å². The number of fused-ring (bicyclic) bond motifs is 1. The van der Waals surface area contributed by atoms with Crippen LogP contribution >= 0.6 is 0 Å². The Morgan fingerprint density at radius 2 is 1.63 bits per heavy atom. The van der Waals surface area contributed by atoms with Crippen LogP contribution in [-0.4, -0.2) is 34.1 Å². The van der Waals surface area contributed by atoms with Gasteiger partial charge in [0.2, 0.25) is 5.91 Å². The maximum atomic E-state index is 12.5. The number of non-ortho nitro benzene ring substituents is 1. The van der Waals surface area contributed by atoms with Gasteiger partial charge in [0.25, 0.3) is 17.5 Å². The summed E-state index contributed by atoms with van der Waals surface area (Å²) in [6, 6.07) is 7.29. The van der Waals surface area contributed by atoms with Crippen LogP contribution in [0.1, 0.15) is 37.4 Å². The number of nitro groups is 1. The molecule has 1 aliphatic heterocycles. The maximum Gasteiger partial charge on any atom is 0.270 e. The summed E-state index contributed by atoms with van der Waals surface area (Å²) in [6.45, 7) is 5.20. The highest BCUT2D eigenvalue weighted by Gasteiger charge is 2.37. The molecule has 0 atom stereocenters. The SMILES string of the molecule is Cc1cc(C)c(NC(=O)CN2C(=O)c3ccc([N+](=O)[O-])cc3C2=O)c(C)c1. The van der Waals surface area contributed by atoms with Crippen LogP contribution in [0.15, 0.2) is 30.3 Å². The van der Waals surface area contributed by atoms with Gasteiger partial charge in [-0.05, 0) is 38.0 Å². The number of imide groups is 1. The van der Waals surface area contributed by atoms with Crippen LogP contribution in [-0.2, 0) is 4.79 Å². The van der Waals surface area contributed by atoms with Gasteiger partial charge in [-0.15, -0.1) is 0 Å². The Hall–Kier alpha value is -3.55. The van der Waals surface area contributed by atoms with Crippen molar-refractivity contribution in [2.45, 2.75) is 20.8 Å². The van der Waals surface area contributed by atoms with Gasteiger partial charge in [0.05, 0.1) is 16.1 Å². The number of benzene rings is 2. The number of aryl methyl sites for hydroxylation is 3. The Bertz CT molecular complexity index is 989. The van der Waals surface area contributed by atoms with E-state index < -0.39 is 29.2 Å². The summed E-state index contributed by atoms with van der Waals surface area (Å²) in [5, 5.41) is 13.6. The van der Waals surface area contributed by atoms with Crippen LogP contribution in [0.4, 0.5) is 11.4 Å². The highest BCUT2D eigenvalue weighted by Crippen LogP contribution is 2.27. The van der Waals surface area contributed by atoms with E-state index in [1.807, 2.05) is 32.9 Å². The molecule has 1 aliphatic rings. The number of carbonyl (C=O) groups is 3. The predicted octanol–water partition coefficient (Wildman–Crippen LogP) is 2.75. The molecule has 2 aromatic rings.